The summed E-state index contributed by atoms with van der Waals surface area (Å²) in [5.41, 5.74) is 8.10. The highest BCUT2D eigenvalue weighted by molar-refractivity contribution is 6.31. The Morgan fingerprint density at radius 2 is 1.69 bits per heavy atom. The van der Waals surface area contributed by atoms with Crippen molar-refractivity contribution in [3.05, 3.63) is 52.5 Å². The molecule has 2 aliphatic carbocycles. The molecule has 3 aliphatic rings. The first-order valence-electron chi connectivity index (χ1n) is 13.0. The number of nitrogens with one attached hydrogen (secondary N) is 1. The molecule has 0 saturated heterocycles. The fraction of sp³-hybridized carbons (Fsp3) is 0.500. The van der Waals surface area contributed by atoms with E-state index in [4.69, 9.17) is 26.8 Å². The molecule has 7 nitrogen and oxygen atoms in total. The zero-order valence-corrected chi connectivity index (χ0v) is 21.3. The van der Waals surface area contributed by atoms with Crippen LogP contribution < -0.4 is 20.5 Å². The van der Waals surface area contributed by atoms with Gasteiger partial charge in [-0.05, 0) is 80.5 Å². The van der Waals surface area contributed by atoms with Crippen LogP contribution in [0.3, 0.4) is 0 Å². The highest BCUT2D eigenvalue weighted by atomic mass is 35.5. The van der Waals surface area contributed by atoms with Gasteiger partial charge in [0, 0.05) is 40.8 Å². The molecule has 2 aromatic carbocycles. The molecule has 36 heavy (non-hydrogen) atoms. The van der Waals surface area contributed by atoms with Crippen LogP contribution in [0, 0.1) is 5.92 Å². The average molecular weight is 512 g/mol. The van der Waals surface area contributed by atoms with Crippen molar-refractivity contribution in [1.82, 2.24) is 4.90 Å². The molecule has 0 unspecified atom stereocenters. The fourth-order valence-corrected chi connectivity index (χ4v) is 5.76. The lowest BCUT2D eigenvalue weighted by atomic mass is 9.85. The number of carbonyl (C=O) groups is 2. The maximum atomic E-state index is 13.7. The van der Waals surface area contributed by atoms with Crippen LogP contribution in [0.25, 0.3) is 0 Å². The van der Waals surface area contributed by atoms with Gasteiger partial charge in [0.25, 0.3) is 5.91 Å². The van der Waals surface area contributed by atoms with Crippen molar-refractivity contribution in [2.75, 3.05) is 12.1 Å². The number of benzene rings is 2. The number of nitrogens with two attached hydrogens (primary N) is 1. The third-order valence-electron chi connectivity index (χ3n) is 7.70. The minimum Gasteiger partial charge on any atom is -0.454 e. The van der Waals surface area contributed by atoms with Crippen molar-refractivity contribution >= 4 is 29.1 Å². The lowest BCUT2D eigenvalue weighted by Crippen LogP contribution is -2.46. The number of hydrogen-bond donors (Lipinski definition) is 2. The molecule has 0 aromatic heterocycles. The summed E-state index contributed by atoms with van der Waals surface area (Å²) in [4.78, 5) is 28.7. The van der Waals surface area contributed by atoms with Gasteiger partial charge >= 0.3 is 0 Å². The molecule has 2 saturated carbocycles. The largest absolute Gasteiger partial charge is 0.454 e. The number of nitrogens with zero attached hydrogens (tertiary/aromatic N) is 1. The molecule has 0 bridgehead atoms. The van der Waals surface area contributed by atoms with Crippen LogP contribution in [-0.2, 0) is 11.3 Å². The van der Waals surface area contributed by atoms with Gasteiger partial charge in [0.05, 0.1) is 0 Å². The van der Waals surface area contributed by atoms with E-state index in [0.717, 1.165) is 56.9 Å². The van der Waals surface area contributed by atoms with Crippen LogP contribution in [-0.4, -0.2) is 35.6 Å². The topological polar surface area (TPSA) is 93.9 Å². The van der Waals surface area contributed by atoms with E-state index in [1.807, 2.05) is 11.0 Å². The molecular weight excluding hydrogens is 478 g/mol. The summed E-state index contributed by atoms with van der Waals surface area (Å²) in [5.74, 6) is 1.26. The SMILES string of the molecule is NC1CCC(N(Cc2cc(NC(=O)c3ccc4c(c3)OCO4)ccc2Cl)C(=O)C2CCCCC2)CC1. The summed E-state index contributed by atoms with van der Waals surface area (Å²) < 4.78 is 10.7. The molecule has 3 N–H and O–H groups in total. The molecule has 0 radical (unpaired) electrons. The molecule has 2 fully saturated rings. The third-order valence-corrected chi connectivity index (χ3v) is 8.07. The molecule has 0 spiro atoms. The Morgan fingerprint density at radius 3 is 2.47 bits per heavy atom. The monoisotopic (exact) mass is 511 g/mol. The van der Waals surface area contributed by atoms with Gasteiger partial charge in [-0.25, -0.2) is 0 Å². The van der Waals surface area contributed by atoms with Crippen LogP contribution >= 0.6 is 11.6 Å². The summed E-state index contributed by atoms with van der Waals surface area (Å²) in [6, 6.07) is 10.9. The Hall–Kier alpha value is -2.77. The highest BCUT2D eigenvalue weighted by Crippen LogP contribution is 2.34. The Balaban J connectivity index is 1.34. The minimum absolute atomic E-state index is 0.0852. The summed E-state index contributed by atoms with van der Waals surface area (Å²) in [6.45, 7) is 0.589. The van der Waals surface area contributed by atoms with Gasteiger partial charge in [-0.2, -0.15) is 0 Å². The number of ether oxygens (including phenoxy) is 2. The van der Waals surface area contributed by atoms with E-state index >= 15 is 0 Å². The van der Waals surface area contributed by atoms with Crippen LogP contribution in [0.5, 0.6) is 11.5 Å². The molecule has 2 amide bonds. The van der Waals surface area contributed by atoms with Gasteiger partial charge in [-0.1, -0.05) is 30.9 Å². The smallest absolute Gasteiger partial charge is 0.255 e. The summed E-state index contributed by atoms with van der Waals surface area (Å²) in [7, 11) is 0. The minimum atomic E-state index is -0.252. The van der Waals surface area contributed by atoms with E-state index in [1.54, 1.807) is 30.3 Å². The molecule has 1 aliphatic heterocycles. The fourth-order valence-electron chi connectivity index (χ4n) is 5.58. The Morgan fingerprint density at radius 1 is 0.944 bits per heavy atom. The van der Waals surface area contributed by atoms with Crippen LogP contribution in [0.15, 0.2) is 36.4 Å². The zero-order chi connectivity index (χ0) is 25.1. The average Bonchev–Trinajstić information content (AvgIpc) is 3.38. The maximum absolute atomic E-state index is 13.7. The first-order valence-corrected chi connectivity index (χ1v) is 13.4. The summed E-state index contributed by atoms with van der Waals surface area (Å²) in [5, 5.41) is 3.54. The van der Waals surface area contributed by atoms with E-state index in [-0.39, 0.29) is 36.6 Å². The van der Waals surface area contributed by atoms with E-state index in [1.165, 1.54) is 6.42 Å². The van der Waals surface area contributed by atoms with Crippen molar-refractivity contribution in [3.8, 4) is 11.5 Å². The van der Waals surface area contributed by atoms with Crippen LogP contribution in [0.1, 0.15) is 73.7 Å². The normalized spacial score (nSPS) is 21.7. The second kappa shape index (κ2) is 11.1. The summed E-state index contributed by atoms with van der Waals surface area (Å²) >= 11 is 6.61. The van der Waals surface area contributed by atoms with E-state index in [0.29, 0.717) is 34.3 Å². The highest BCUT2D eigenvalue weighted by Gasteiger charge is 2.33. The molecule has 1 heterocycles. The van der Waals surface area contributed by atoms with E-state index in [9.17, 15) is 9.59 Å². The number of halogens is 1. The van der Waals surface area contributed by atoms with Gasteiger partial charge in [0.15, 0.2) is 11.5 Å². The second-order valence-corrected chi connectivity index (χ2v) is 10.6. The van der Waals surface area contributed by atoms with Gasteiger partial charge in [0.1, 0.15) is 0 Å². The van der Waals surface area contributed by atoms with Gasteiger partial charge in [0.2, 0.25) is 12.7 Å². The van der Waals surface area contributed by atoms with Crippen LogP contribution in [0.4, 0.5) is 5.69 Å². The van der Waals surface area contributed by atoms with Crippen molar-refractivity contribution in [2.45, 2.75) is 76.4 Å². The quantitative estimate of drug-likeness (QED) is 0.534. The van der Waals surface area contributed by atoms with Crippen molar-refractivity contribution < 1.29 is 19.1 Å². The molecule has 8 heteroatoms. The Labute approximate surface area is 217 Å². The second-order valence-electron chi connectivity index (χ2n) is 10.2. The number of anilines is 1. The number of fused-ring (bicyclic) bond motifs is 1. The summed E-state index contributed by atoms with van der Waals surface area (Å²) in [6.07, 6.45) is 9.04. The molecule has 5 rings (SSSR count). The standard InChI is InChI=1S/C28H34ClN3O4/c29-24-12-9-22(31-27(33)19-6-13-25-26(15-19)36-17-35-25)14-20(24)16-32(23-10-7-21(30)8-11-23)28(34)18-4-2-1-3-5-18/h6,9,12-15,18,21,23H,1-5,7-8,10-11,16-17,30H2,(H,31,33). The van der Waals surface area contributed by atoms with Gasteiger partial charge < -0.3 is 25.4 Å². The number of hydrogen-bond acceptors (Lipinski definition) is 5. The number of amides is 2. The van der Waals surface area contributed by atoms with Crippen molar-refractivity contribution in [1.29, 1.82) is 0 Å². The lowest BCUT2D eigenvalue weighted by Gasteiger charge is -2.39. The lowest BCUT2D eigenvalue weighted by molar-refractivity contribution is -0.140. The molecule has 2 aromatic rings. The molecule has 192 valence electrons. The zero-order valence-electron chi connectivity index (χ0n) is 20.5. The van der Waals surface area contributed by atoms with E-state index < -0.39 is 0 Å². The Bertz CT molecular complexity index is 1110. The van der Waals surface area contributed by atoms with Gasteiger partial charge in [-0.15, -0.1) is 0 Å². The number of carbonyl (C=O) groups excluding carboxylic acids is 2. The molecular formula is C28H34ClN3O4. The first-order chi connectivity index (χ1) is 17.5. The first kappa shape index (κ1) is 24.9. The van der Waals surface area contributed by atoms with Gasteiger partial charge in [-0.3, -0.25) is 9.59 Å². The van der Waals surface area contributed by atoms with Crippen LogP contribution in [0.2, 0.25) is 5.02 Å². The Kier molecular flexibility index (Phi) is 7.67. The van der Waals surface area contributed by atoms with Crippen molar-refractivity contribution in [2.24, 2.45) is 11.7 Å². The third kappa shape index (κ3) is 5.62. The maximum Gasteiger partial charge on any atom is 0.255 e. The predicted octanol–water partition coefficient (Wildman–Crippen LogP) is 5.50. The van der Waals surface area contributed by atoms with E-state index in [2.05, 4.69) is 5.32 Å². The molecule has 0 atom stereocenters. The predicted molar refractivity (Wildman–Crippen MR) is 139 cm³/mol. The van der Waals surface area contributed by atoms with Crippen molar-refractivity contribution in [3.63, 3.8) is 0 Å². The number of rotatable bonds is 6.